The van der Waals surface area contributed by atoms with E-state index in [0.717, 1.165) is 18.1 Å². The highest BCUT2D eigenvalue weighted by Gasteiger charge is 2.03. The maximum Gasteiger partial charge on any atom is 0.118 e. The van der Waals surface area contributed by atoms with Gasteiger partial charge >= 0.3 is 0 Å². The third-order valence-corrected chi connectivity index (χ3v) is 1.47. The van der Waals surface area contributed by atoms with Crippen molar-refractivity contribution in [2.24, 2.45) is 16.8 Å². The van der Waals surface area contributed by atoms with Crippen molar-refractivity contribution in [2.45, 2.75) is 13.8 Å². The minimum Gasteiger partial charge on any atom is -0.312 e. The van der Waals surface area contributed by atoms with E-state index < -0.39 is 0 Å². The number of nitrogens with zero attached hydrogens (tertiary/aromatic N) is 2. The van der Waals surface area contributed by atoms with Crippen LogP contribution in [-0.4, -0.2) is 31.4 Å². The summed E-state index contributed by atoms with van der Waals surface area (Å²) in [6.45, 7) is 8.65. The van der Waals surface area contributed by atoms with Gasteiger partial charge in [0.2, 0.25) is 0 Å². The SMILES string of the molecule is C=C(CN(C)C)/N=C(\NN)C(C)C. The molecule has 4 nitrogen and oxygen atoms in total. The fourth-order valence-corrected chi connectivity index (χ4v) is 0.899. The van der Waals surface area contributed by atoms with Crippen molar-refractivity contribution < 1.29 is 0 Å². The van der Waals surface area contributed by atoms with E-state index in [9.17, 15) is 0 Å². The molecule has 13 heavy (non-hydrogen) atoms. The number of aliphatic imine (C=N–C) groups is 1. The van der Waals surface area contributed by atoms with Crippen LogP contribution in [0.25, 0.3) is 0 Å². The molecular weight excluding hydrogens is 164 g/mol. The van der Waals surface area contributed by atoms with Crippen LogP contribution in [0, 0.1) is 5.92 Å². The largest absolute Gasteiger partial charge is 0.312 e. The first-order chi connectivity index (χ1) is 5.97. The molecule has 0 saturated heterocycles. The molecule has 0 fully saturated rings. The molecular formula is C9H20N4. The monoisotopic (exact) mass is 184 g/mol. The predicted octanol–water partition coefficient (Wildman–Crippen LogP) is 0.579. The predicted molar refractivity (Wildman–Crippen MR) is 57.3 cm³/mol. The van der Waals surface area contributed by atoms with Crippen molar-refractivity contribution >= 4 is 5.84 Å². The second kappa shape index (κ2) is 5.72. The minimum atomic E-state index is 0.295. The zero-order valence-corrected chi connectivity index (χ0v) is 8.96. The minimum absolute atomic E-state index is 0.295. The lowest BCUT2D eigenvalue weighted by Gasteiger charge is -2.12. The summed E-state index contributed by atoms with van der Waals surface area (Å²) in [7, 11) is 3.96. The molecule has 3 N–H and O–H groups in total. The van der Waals surface area contributed by atoms with Gasteiger partial charge in [0, 0.05) is 18.2 Å². The third kappa shape index (κ3) is 5.38. The Labute approximate surface area is 80.5 Å². The van der Waals surface area contributed by atoms with Crippen LogP contribution in [0.15, 0.2) is 17.3 Å². The Kier molecular flexibility index (Phi) is 5.34. The summed E-state index contributed by atoms with van der Waals surface area (Å²) in [5, 5.41) is 0. The first-order valence-electron chi connectivity index (χ1n) is 4.35. The topological polar surface area (TPSA) is 53.6 Å². The van der Waals surface area contributed by atoms with E-state index in [1.165, 1.54) is 0 Å². The number of rotatable bonds is 4. The number of hydrogen-bond donors (Lipinski definition) is 2. The summed E-state index contributed by atoms with van der Waals surface area (Å²) in [5.41, 5.74) is 3.39. The highest BCUT2D eigenvalue weighted by Crippen LogP contribution is 2.00. The normalized spacial score (nSPS) is 12.4. The van der Waals surface area contributed by atoms with E-state index in [-0.39, 0.29) is 0 Å². The second-order valence-corrected chi connectivity index (χ2v) is 3.60. The average molecular weight is 184 g/mol. The lowest BCUT2D eigenvalue weighted by molar-refractivity contribution is 0.444. The van der Waals surface area contributed by atoms with Gasteiger partial charge in [-0.2, -0.15) is 0 Å². The fourth-order valence-electron chi connectivity index (χ4n) is 0.899. The summed E-state index contributed by atoms with van der Waals surface area (Å²) in [4.78, 5) is 6.29. The smallest absolute Gasteiger partial charge is 0.118 e. The zero-order chi connectivity index (χ0) is 10.4. The summed E-state index contributed by atoms with van der Waals surface area (Å²) in [6.07, 6.45) is 0. The van der Waals surface area contributed by atoms with Gasteiger partial charge in [-0.25, -0.2) is 10.8 Å². The van der Waals surface area contributed by atoms with Crippen LogP contribution in [0.2, 0.25) is 0 Å². The molecule has 0 aliphatic carbocycles. The Morgan fingerprint density at radius 2 is 2.08 bits per heavy atom. The molecule has 76 valence electrons. The highest BCUT2D eigenvalue weighted by atomic mass is 15.3. The van der Waals surface area contributed by atoms with Crippen molar-refractivity contribution in [1.82, 2.24) is 10.3 Å². The summed E-state index contributed by atoms with van der Waals surface area (Å²) < 4.78 is 0. The Morgan fingerprint density at radius 1 is 1.54 bits per heavy atom. The standard InChI is InChI=1S/C9H20N4/c1-7(2)9(12-10)11-8(3)6-13(4)5/h7H,3,6,10H2,1-2,4-5H3,(H,11,12). The highest BCUT2D eigenvalue weighted by molar-refractivity contribution is 5.84. The van der Waals surface area contributed by atoms with Crippen LogP contribution in [0.1, 0.15) is 13.8 Å². The van der Waals surface area contributed by atoms with Crippen LogP contribution in [-0.2, 0) is 0 Å². The zero-order valence-electron chi connectivity index (χ0n) is 8.96. The molecule has 0 aliphatic heterocycles. The molecule has 0 atom stereocenters. The molecule has 0 aliphatic rings. The van der Waals surface area contributed by atoms with Crippen LogP contribution in [0.3, 0.4) is 0 Å². The van der Waals surface area contributed by atoms with Gasteiger partial charge in [0.15, 0.2) is 0 Å². The van der Waals surface area contributed by atoms with Gasteiger partial charge in [-0.05, 0) is 14.1 Å². The van der Waals surface area contributed by atoms with Crippen LogP contribution in [0.5, 0.6) is 0 Å². The van der Waals surface area contributed by atoms with E-state index in [4.69, 9.17) is 5.84 Å². The maximum absolute atomic E-state index is 5.32. The second-order valence-electron chi connectivity index (χ2n) is 3.60. The number of likely N-dealkylation sites (N-methyl/N-ethyl adjacent to an activating group) is 1. The van der Waals surface area contributed by atoms with Gasteiger partial charge < -0.3 is 10.3 Å². The first kappa shape index (κ1) is 12.1. The lowest BCUT2D eigenvalue weighted by Crippen LogP contribution is -2.34. The Hall–Kier alpha value is -0.870. The Balaban J connectivity index is 4.25. The molecule has 0 saturated carbocycles. The molecule has 0 amide bonds. The van der Waals surface area contributed by atoms with Gasteiger partial charge in [0.25, 0.3) is 0 Å². The molecule has 0 unspecified atom stereocenters. The van der Waals surface area contributed by atoms with Gasteiger partial charge in [-0.3, -0.25) is 0 Å². The molecule has 0 rings (SSSR count). The third-order valence-electron chi connectivity index (χ3n) is 1.47. The molecule has 0 aromatic rings. The van der Waals surface area contributed by atoms with Gasteiger partial charge in [-0.1, -0.05) is 20.4 Å². The van der Waals surface area contributed by atoms with Gasteiger partial charge in [0.1, 0.15) is 5.84 Å². The molecule has 0 aromatic heterocycles. The van der Waals surface area contributed by atoms with E-state index in [1.54, 1.807) is 0 Å². The van der Waals surface area contributed by atoms with E-state index in [2.05, 4.69) is 17.0 Å². The van der Waals surface area contributed by atoms with E-state index >= 15 is 0 Å². The summed E-state index contributed by atoms with van der Waals surface area (Å²) in [5.74, 6) is 6.38. The molecule has 0 bridgehead atoms. The maximum atomic E-state index is 5.32. The number of nitrogens with two attached hydrogens (primary N) is 1. The van der Waals surface area contributed by atoms with Crippen LogP contribution >= 0.6 is 0 Å². The Morgan fingerprint density at radius 3 is 2.38 bits per heavy atom. The lowest BCUT2D eigenvalue weighted by atomic mass is 10.2. The van der Waals surface area contributed by atoms with Crippen LogP contribution < -0.4 is 11.3 Å². The average Bonchev–Trinajstić information content (AvgIpc) is 1.98. The van der Waals surface area contributed by atoms with Crippen molar-refractivity contribution in [3.63, 3.8) is 0 Å². The summed E-state index contributed by atoms with van der Waals surface area (Å²) >= 11 is 0. The molecule has 4 heteroatoms. The number of hydrazine groups is 1. The Bertz CT molecular complexity index is 194. The molecule has 0 aromatic carbocycles. The van der Waals surface area contributed by atoms with Crippen LogP contribution in [0.4, 0.5) is 0 Å². The van der Waals surface area contributed by atoms with E-state index in [1.807, 2.05) is 32.8 Å². The number of amidine groups is 1. The quantitative estimate of drug-likeness (QED) is 0.291. The molecule has 0 heterocycles. The van der Waals surface area contributed by atoms with Crippen molar-refractivity contribution in [3.8, 4) is 0 Å². The van der Waals surface area contributed by atoms with Gasteiger partial charge in [-0.15, -0.1) is 0 Å². The van der Waals surface area contributed by atoms with Crippen molar-refractivity contribution in [1.29, 1.82) is 0 Å². The fraction of sp³-hybridized carbons (Fsp3) is 0.667. The molecule has 0 radical (unpaired) electrons. The summed E-state index contributed by atoms with van der Waals surface area (Å²) in [6, 6.07) is 0. The van der Waals surface area contributed by atoms with E-state index in [0.29, 0.717) is 5.92 Å². The van der Waals surface area contributed by atoms with Crippen molar-refractivity contribution in [3.05, 3.63) is 12.3 Å². The first-order valence-corrected chi connectivity index (χ1v) is 4.35. The number of hydrogen-bond acceptors (Lipinski definition) is 3. The van der Waals surface area contributed by atoms with Crippen molar-refractivity contribution in [2.75, 3.05) is 20.6 Å². The van der Waals surface area contributed by atoms with Gasteiger partial charge in [0.05, 0.1) is 0 Å². The number of nitrogens with one attached hydrogen (secondary N) is 1. The molecule has 0 spiro atoms.